The first-order valence-corrected chi connectivity index (χ1v) is 4.86. The van der Waals surface area contributed by atoms with E-state index in [1.54, 1.807) is 25.4 Å². The lowest BCUT2D eigenvalue weighted by Gasteiger charge is -2.03. The number of nitrogens with zero attached hydrogens (tertiary/aromatic N) is 2. The third kappa shape index (κ3) is 2.36. The molecule has 3 N–H and O–H groups in total. The van der Waals surface area contributed by atoms with Gasteiger partial charge in [0.15, 0.2) is 0 Å². The van der Waals surface area contributed by atoms with Crippen LogP contribution in [0.25, 0.3) is 0 Å². The summed E-state index contributed by atoms with van der Waals surface area (Å²) in [6.07, 6.45) is 1.63. The van der Waals surface area contributed by atoms with Crippen LogP contribution in [0, 0.1) is 0 Å². The summed E-state index contributed by atoms with van der Waals surface area (Å²) in [4.78, 5) is 10.7. The molecule has 88 valence electrons. The largest absolute Gasteiger partial charge is 0.478 e. The first-order chi connectivity index (χ1) is 8.06. The number of benzene rings is 1. The fraction of sp³-hybridized carbons (Fsp3) is 0.0909. The van der Waals surface area contributed by atoms with Crippen LogP contribution in [0.1, 0.15) is 10.4 Å². The standard InChI is InChI=1S/C11H11N3O3/c1-14-6-9(12)10(13-14)17-8-4-2-7(3-5-8)11(15)16/h2-6H,12H2,1H3,(H,15,16). The molecule has 1 heterocycles. The first-order valence-electron chi connectivity index (χ1n) is 4.86. The molecule has 2 rings (SSSR count). The van der Waals surface area contributed by atoms with Crippen molar-refractivity contribution in [1.82, 2.24) is 9.78 Å². The number of nitrogens with two attached hydrogens (primary N) is 1. The van der Waals surface area contributed by atoms with Gasteiger partial charge in [0, 0.05) is 7.05 Å². The number of aryl methyl sites for hydroxylation is 1. The van der Waals surface area contributed by atoms with E-state index in [-0.39, 0.29) is 5.56 Å². The van der Waals surface area contributed by atoms with Gasteiger partial charge in [-0.15, -0.1) is 5.10 Å². The highest BCUT2D eigenvalue weighted by Gasteiger charge is 2.07. The molecule has 0 spiro atoms. The summed E-state index contributed by atoms with van der Waals surface area (Å²) >= 11 is 0. The highest BCUT2D eigenvalue weighted by molar-refractivity contribution is 5.87. The van der Waals surface area contributed by atoms with Crippen LogP contribution in [0.2, 0.25) is 0 Å². The number of nitrogen functional groups attached to an aromatic ring is 1. The molecule has 1 aromatic carbocycles. The Hall–Kier alpha value is -2.50. The maximum absolute atomic E-state index is 10.7. The van der Waals surface area contributed by atoms with Crippen LogP contribution in [0.3, 0.4) is 0 Å². The van der Waals surface area contributed by atoms with Gasteiger partial charge in [-0.05, 0) is 24.3 Å². The zero-order valence-electron chi connectivity index (χ0n) is 9.12. The Labute approximate surface area is 97.2 Å². The van der Waals surface area contributed by atoms with E-state index < -0.39 is 5.97 Å². The topological polar surface area (TPSA) is 90.4 Å². The quantitative estimate of drug-likeness (QED) is 0.838. The molecule has 0 saturated heterocycles. The lowest BCUT2D eigenvalue weighted by atomic mass is 10.2. The van der Waals surface area contributed by atoms with Crippen LogP contribution in [-0.4, -0.2) is 20.9 Å². The lowest BCUT2D eigenvalue weighted by Crippen LogP contribution is -1.96. The Balaban J connectivity index is 2.19. The SMILES string of the molecule is Cn1cc(N)c(Oc2ccc(C(=O)O)cc2)n1. The van der Waals surface area contributed by atoms with Gasteiger partial charge in [0.05, 0.1) is 11.8 Å². The molecule has 6 heteroatoms. The van der Waals surface area contributed by atoms with Gasteiger partial charge in [0.25, 0.3) is 5.88 Å². The van der Waals surface area contributed by atoms with E-state index in [0.717, 1.165) is 0 Å². The van der Waals surface area contributed by atoms with Gasteiger partial charge in [0.1, 0.15) is 11.4 Å². The van der Waals surface area contributed by atoms with E-state index in [9.17, 15) is 4.79 Å². The van der Waals surface area contributed by atoms with Crippen LogP contribution >= 0.6 is 0 Å². The summed E-state index contributed by atoms with van der Waals surface area (Å²) in [5, 5.41) is 12.8. The molecule has 0 atom stereocenters. The lowest BCUT2D eigenvalue weighted by molar-refractivity contribution is 0.0697. The minimum Gasteiger partial charge on any atom is -0.478 e. The van der Waals surface area contributed by atoms with Gasteiger partial charge >= 0.3 is 5.97 Å². The molecule has 1 aromatic heterocycles. The van der Waals surface area contributed by atoms with E-state index in [1.807, 2.05) is 0 Å². The second kappa shape index (κ2) is 4.17. The number of hydrogen-bond donors (Lipinski definition) is 2. The van der Waals surface area contributed by atoms with Crippen LogP contribution in [0.4, 0.5) is 5.69 Å². The number of carboxylic acid groups (broad SMARTS) is 1. The number of rotatable bonds is 3. The molecule has 2 aromatic rings. The Morgan fingerprint density at radius 3 is 2.53 bits per heavy atom. The average molecular weight is 233 g/mol. The minimum atomic E-state index is -0.978. The zero-order valence-corrected chi connectivity index (χ0v) is 9.12. The van der Waals surface area contributed by atoms with Crippen molar-refractivity contribution < 1.29 is 14.6 Å². The fourth-order valence-electron chi connectivity index (χ4n) is 1.34. The van der Waals surface area contributed by atoms with Gasteiger partial charge in [-0.3, -0.25) is 4.68 Å². The number of aromatic carboxylic acids is 1. The van der Waals surface area contributed by atoms with Crippen molar-refractivity contribution >= 4 is 11.7 Å². The molecule has 0 aliphatic heterocycles. The van der Waals surface area contributed by atoms with Crippen molar-refractivity contribution in [3.8, 4) is 11.6 Å². The molecular weight excluding hydrogens is 222 g/mol. The fourth-order valence-corrected chi connectivity index (χ4v) is 1.34. The van der Waals surface area contributed by atoms with Crippen LogP contribution in [-0.2, 0) is 7.05 Å². The van der Waals surface area contributed by atoms with E-state index >= 15 is 0 Å². The third-order valence-corrected chi connectivity index (χ3v) is 2.14. The number of ether oxygens (including phenoxy) is 1. The summed E-state index contributed by atoms with van der Waals surface area (Å²) in [6, 6.07) is 6.02. The monoisotopic (exact) mass is 233 g/mol. The molecule has 0 bridgehead atoms. The van der Waals surface area contributed by atoms with E-state index in [0.29, 0.717) is 17.3 Å². The van der Waals surface area contributed by atoms with Crippen molar-refractivity contribution in [3.05, 3.63) is 36.0 Å². The van der Waals surface area contributed by atoms with Crippen molar-refractivity contribution in [2.24, 2.45) is 7.05 Å². The maximum atomic E-state index is 10.7. The Morgan fingerprint density at radius 2 is 2.06 bits per heavy atom. The molecule has 17 heavy (non-hydrogen) atoms. The Morgan fingerprint density at radius 1 is 1.41 bits per heavy atom. The van der Waals surface area contributed by atoms with E-state index in [4.69, 9.17) is 15.6 Å². The average Bonchev–Trinajstić information content (AvgIpc) is 2.58. The number of anilines is 1. The highest BCUT2D eigenvalue weighted by Crippen LogP contribution is 2.25. The van der Waals surface area contributed by atoms with Gasteiger partial charge in [-0.1, -0.05) is 0 Å². The predicted octanol–water partition coefficient (Wildman–Crippen LogP) is 1.49. The molecule has 6 nitrogen and oxygen atoms in total. The molecule has 0 aliphatic rings. The van der Waals surface area contributed by atoms with Crippen LogP contribution in [0.15, 0.2) is 30.5 Å². The van der Waals surface area contributed by atoms with Crippen molar-refractivity contribution in [3.63, 3.8) is 0 Å². The van der Waals surface area contributed by atoms with Gasteiger partial charge in [-0.2, -0.15) is 0 Å². The molecule has 0 amide bonds. The van der Waals surface area contributed by atoms with Gasteiger partial charge in [-0.25, -0.2) is 4.79 Å². The molecule has 0 saturated carbocycles. The van der Waals surface area contributed by atoms with Crippen molar-refractivity contribution in [2.75, 3.05) is 5.73 Å². The Kier molecular flexibility index (Phi) is 2.70. The second-order valence-corrected chi connectivity index (χ2v) is 3.49. The van der Waals surface area contributed by atoms with Crippen molar-refractivity contribution in [2.45, 2.75) is 0 Å². The van der Waals surface area contributed by atoms with Gasteiger partial charge < -0.3 is 15.6 Å². The van der Waals surface area contributed by atoms with E-state index in [1.165, 1.54) is 16.8 Å². The third-order valence-electron chi connectivity index (χ3n) is 2.14. The molecular formula is C11H11N3O3. The molecule has 0 unspecified atom stereocenters. The number of carbonyl (C=O) groups is 1. The Bertz CT molecular complexity index is 546. The second-order valence-electron chi connectivity index (χ2n) is 3.49. The molecule has 0 radical (unpaired) electrons. The van der Waals surface area contributed by atoms with Crippen LogP contribution in [0.5, 0.6) is 11.6 Å². The smallest absolute Gasteiger partial charge is 0.335 e. The maximum Gasteiger partial charge on any atom is 0.335 e. The zero-order chi connectivity index (χ0) is 12.4. The number of carboxylic acids is 1. The summed E-state index contributed by atoms with van der Waals surface area (Å²) in [5.74, 6) is -0.190. The highest BCUT2D eigenvalue weighted by atomic mass is 16.5. The molecule has 0 fully saturated rings. The summed E-state index contributed by atoms with van der Waals surface area (Å²) < 4.78 is 6.95. The van der Waals surface area contributed by atoms with Crippen LogP contribution < -0.4 is 10.5 Å². The first kappa shape index (κ1) is 11.0. The summed E-state index contributed by atoms with van der Waals surface area (Å²) in [6.45, 7) is 0. The summed E-state index contributed by atoms with van der Waals surface area (Å²) in [7, 11) is 1.73. The molecule has 0 aliphatic carbocycles. The van der Waals surface area contributed by atoms with Gasteiger partial charge in [0.2, 0.25) is 0 Å². The number of aromatic nitrogens is 2. The van der Waals surface area contributed by atoms with E-state index in [2.05, 4.69) is 5.10 Å². The van der Waals surface area contributed by atoms with Crippen molar-refractivity contribution in [1.29, 1.82) is 0 Å². The predicted molar refractivity (Wildman–Crippen MR) is 61.1 cm³/mol. The number of hydrogen-bond acceptors (Lipinski definition) is 4. The minimum absolute atomic E-state index is 0.200. The normalized spacial score (nSPS) is 10.2. The summed E-state index contributed by atoms with van der Waals surface area (Å²) in [5.41, 5.74) is 6.29.